The molecule has 0 spiro atoms. The van der Waals surface area contributed by atoms with E-state index in [4.69, 9.17) is 4.74 Å². The number of carbonyl (C=O) groups excluding carboxylic acids is 1. The summed E-state index contributed by atoms with van der Waals surface area (Å²) in [5, 5.41) is 20.1. The Morgan fingerprint density at radius 3 is 0.975 bits per heavy atom. The van der Waals surface area contributed by atoms with E-state index >= 15 is 0 Å². The summed E-state index contributed by atoms with van der Waals surface area (Å²) in [6.07, 6.45) is 36.3. The first-order chi connectivity index (χ1) is 19.6. The fourth-order valence-corrected chi connectivity index (χ4v) is 5.61. The average molecular weight is 569 g/mol. The van der Waals surface area contributed by atoms with Crippen molar-refractivity contribution < 1.29 is 19.7 Å². The van der Waals surface area contributed by atoms with Crippen molar-refractivity contribution in [1.82, 2.24) is 0 Å². The molecule has 0 fully saturated rings. The van der Waals surface area contributed by atoms with Crippen LogP contribution in [0.5, 0.6) is 0 Å². The van der Waals surface area contributed by atoms with Crippen LogP contribution >= 0.6 is 0 Å². The van der Waals surface area contributed by atoms with Gasteiger partial charge in [0, 0.05) is 6.42 Å². The van der Waals surface area contributed by atoms with Crippen LogP contribution in [0.15, 0.2) is 0 Å². The molecular weight excluding hydrogens is 496 g/mol. The topological polar surface area (TPSA) is 66.8 Å². The Morgan fingerprint density at radius 2 is 0.675 bits per heavy atom. The van der Waals surface area contributed by atoms with E-state index in [0.717, 1.165) is 25.7 Å². The first-order valence-electron chi connectivity index (χ1n) is 18.2. The molecule has 0 aliphatic heterocycles. The number of carbonyl (C=O) groups is 1. The van der Waals surface area contributed by atoms with Crippen molar-refractivity contribution in [1.29, 1.82) is 0 Å². The second-order valence-electron chi connectivity index (χ2n) is 12.5. The molecule has 0 bridgehead atoms. The molecule has 0 aliphatic carbocycles. The summed E-state index contributed by atoms with van der Waals surface area (Å²) < 4.78 is 5.07. The van der Waals surface area contributed by atoms with Gasteiger partial charge in [0.1, 0.15) is 0 Å². The summed E-state index contributed by atoms with van der Waals surface area (Å²) in [6, 6.07) is 0. The Morgan fingerprint density at radius 1 is 0.425 bits per heavy atom. The van der Waals surface area contributed by atoms with Crippen LogP contribution in [0.2, 0.25) is 0 Å². The molecule has 2 N–H and O–H groups in total. The van der Waals surface area contributed by atoms with E-state index in [1.54, 1.807) is 0 Å². The molecule has 4 heteroatoms. The molecule has 2 atom stereocenters. The lowest BCUT2D eigenvalue weighted by molar-refractivity contribution is -0.178. The number of hydrogen-bond acceptors (Lipinski definition) is 4. The molecule has 0 aromatic heterocycles. The number of rotatable bonds is 33. The highest BCUT2D eigenvalue weighted by molar-refractivity contribution is 5.74. The Kier molecular flexibility index (Phi) is 32.4. The minimum atomic E-state index is -1.10. The summed E-state index contributed by atoms with van der Waals surface area (Å²) in [5.74, 6) is -0.664. The molecule has 4 nitrogen and oxygen atoms in total. The molecule has 0 radical (unpaired) electrons. The maximum absolute atomic E-state index is 12.0. The minimum Gasteiger partial charge on any atom is -0.434 e. The van der Waals surface area contributed by atoms with Crippen molar-refractivity contribution >= 4 is 5.97 Å². The molecule has 40 heavy (non-hydrogen) atoms. The number of esters is 1. The van der Waals surface area contributed by atoms with E-state index in [0.29, 0.717) is 12.8 Å². The van der Waals surface area contributed by atoms with Crippen LogP contribution in [-0.4, -0.2) is 28.6 Å². The minimum absolute atomic E-state index is 0.433. The Hall–Kier alpha value is -0.610. The zero-order chi connectivity index (χ0) is 29.4. The van der Waals surface area contributed by atoms with E-state index in [2.05, 4.69) is 13.8 Å². The second-order valence-corrected chi connectivity index (χ2v) is 12.5. The van der Waals surface area contributed by atoms with Gasteiger partial charge in [-0.3, -0.25) is 0 Å². The zero-order valence-corrected chi connectivity index (χ0v) is 27.3. The summed E-state index contributed by atoms with van der Waals surface area (Å²) in [6.45, 7) is 4.54. The lowest BCUT2D eigenvalue weighted by Gasteiger charge is -2.15. The molecule has 0 heterocycles. The third-order valence-electron chi connectivity index (χ3n) is 8.41. The standard InChI is InChI=1S/C36H72O4/c1-3-5-7-9-11-13-15-17-19-21-23-25-27-29-31-33-35(38)40-36(39)34(37)32-30-28-26-24-22-20-18-16-14-12-10-8-6-4-2/h34-35,37-38H,3-33H2,1-2H3. The molecule has 0 saturated carbocycles. The molecule has 240 valence electrons. The van der Waals surface area contributed by atoms with E-state index < -0.39 is 18.4 Å². The van der Waals surface area contributed by atoms with Crippen LogP contribution in [0.1, 0.15) is 213 Å². The number of aliphatic hydroxyl groups is 2. The summed E-state index contributed by atoms with van der Waals surface area (Å²) in [7, 11) is 0. The van der Waals surface area contributed by atoms with Crippen LogP contribution in [0.25, 0.3) is 0 Å². The van der Waals surface area contributed by atoms with Crippen LogP contribution in [-0.2, 0) is 9.53 Å². The number of aliphatic hydroxyl groups excluding tert-OH is 2. The third-order valence-corrected chi connectivity index (χ3v) is 8.41. The van der Waals surface area contributed by atoms with Gasteiger partial charge in [-0.1, -0.05) is 194 Å². The van der Waals surface area contributed by atoms with Crippen molar-refractivity contribution in [2.75, 3.05) is 0 Å². The van der Waals surface area contributed by atoms with Gasteiger partial charge in [0.15, 0.2) is 6.10 Å². The van der Waals surface area contributed by atoms with Gasteiger partial charge in [0.2, 0.25) is 6.29 Å². The van der Waals surface area contributed by atoms with Crippen LogP contribution < -0.4 is 0 Å². The molecule has 0 rings (SSSR count). The smallest absolute Gasteiger partial charge is 0.337 e. The lowest BCUT2D eigenvalue weighted by Crippen LogP contribution is -2.28. The highest BCUT2D eigenvalue weighted by Crippen LogP contribution is 2.16. The predicted molar refractivity (Wildman–Crippen MR) is 173 cm³/mol. The van der Waals surface area contributed by atoms with Crippen LogP contribution in [0.3, 0.4) is 0 Å². The largest absolute Gasteiger partial charge is 0.434 e. The molecule has 0 aliphatic rings. The molecular formula is C36H72O4. The number of hydrogen-bond donors (Lipinski definition) is 2. The number of unbranched alkanes of at least 4 members (excludes halogenated alkanes) is 27. The molecule has 0 saturated heterocycles. The maximum atomic E-state index is 12.0. The normalized spacial score (nSPS) is 13.0. The van der Waals surface area contributed by atoms with Gasteiger partial charge < -0.3 is 14.9 Å². The fourth-order valence-electron chi connectivity index (χ4n) is 5.61. The average Bonchev–Trinajstić information content (AvgIpc) is 2.95. The van der Waals surface area contributed by atoms with Crippen molar-refractivity contribution in [3.8, 4) is 0 Å². The highest BCUT2D eigenvalue weighted by atomic mass is 16.6. The Bertz CT molecular complexity index is 495. The van der Waals surface area contributed by atoms with E-state index in [1.165, 1.54) is 161 Å². The van der Waals surface area contributed by atoms with Crippen molar-refractivity contribution in [2.45, 2.75) is 225 Å². The first-order valence-corrected chi connectivity index (χ1v) is 18.2. The van der Waals surface area contributed by atoms with Crippen LogP contribution in [0.4, 0.5) is 0 Å². The monoisotopic (exact) mass is 569 g/mol. The maximum Gasteiger partial charge on any atom is 0.337 e. The zero-order valence-electron chi connectivity index (χ0n) is 27.3. The fraction of sp³-hybridized carbons (Fsp3) is 0.972. The van der Waals surface area contributed by atoms with Gasteiger partial charge >= 0.3 is 5.97 Å². The number of ether oxygens (including phenoxy) is 1. The van der Waals surface area contributed by atoms with Gasteiger partial charge in [0.05, 0.1) is 0 Å². The van der Waals surface area contributed by atoms with Gasteiger partial charge in [0.25, 0.3) is 0 Å². The van der Waals surface area contributed by atoms with Gasteiger partial charge in [-0.2, -0.15) is 0 Å². The first kappa shape index (κ1) is 39.4. The Balaban J connectivity index is 3.40. The third kappa shape index (κ3) is 30.4. The molecule has 0 aromatic rings. The van der Waals surface area contributed by atoms with Gasteiger partial charge in [-0.15, -0.1) is 0 Å². The SMILES string of the molecule is CCCCCCCCCCCCCCCCCC(O)OC(=O)C(O)CCCCCCCCCCCCCCCC. The van der Waals surface area contributed by atoms with Crippen molar-refractivity contribution in [2.24, 2.45) is 0 Å². The van der Waals surface area contributed by atoms with E-state index in [-0.39, 0.29) is 0 Å². The lowest BCUT2D eigenvalue weighted by atomic mass is 10.0. The van der Waals surface area contributed by atoms with Crippen molar-refractivity contribution in [3.05, 3.63) is 0 Å². The molecule has 0 amide bonds. The molecule has 0 aromatic carbocycles. The van der Waals surface area contributed by atoms with E-state index in [9.17, 15) is 15.0 Å². The van der Waals surface area contributed by atoms with Crippen molar-refractivity contribution in [3.63, 3.8) is 0 Å². The van der Waals surface area contributed by atoms with Crippen LogP contribution in [0, 0.1) is 0 Å². The summed E-state index contributed by atoms with van der Waals surface area (Å²) in [4.78, 5) is 12.0. The quantitative estimate of drug-likeness (QED) is 0.0469. The van der Waals surface area contributed by atoms with E-state index in [1.807, 2.05) is 0 Å². The van der Waals surface area contributed by atoms with Gasteiger partial charge in [-0.05, 0) is 12.8 Å². The van der Waals surface area contributed by atoms with Gasteiger partial charge in [-0.25, -0.2) is 4.79 Å². The second kappa shape index (κ2) is 32.9. The summed E-state index contributed by atoms with van der Waals surface area (Å²) >= 11 is 0. The predicted octanol–water partition coefficient (Wildman–Crippen LogP) is 11.3. The summed E-state index contributed by atoms with van der Waals surface area (Å²) in [5.41, 5.74) is 0. The molecule has 2 unspecified atom stereocenters. The highest BCUT2D eigenvalue weighted by Gasteiger charge is 2.19. The Labute approximate surface area is 250 Å².